The Labute approximate surface area is 244 Å². The van der Waals surface area contributed by atoms with Gasteiger partial charge in [0.1, 0.15) is 5.82 Å². The monoisotopic (exact) mass is 596 g/mol. The molecule has 5 rings (SSSR count). The standard InChI is InChI=1S/C30H33FN4O4S2/c1-2-34(22-23-7-4-3-5-8-23)41(37,38)26-12-9-24(10-13-26)29(36)35(16-6-15-33-17-19-39-20-18-33)30-32-27-14-11-25(31)21-28(27)40-30/h3-5,7-14,21H,2,6,15-20,22H2,1H3. The number of sulfonamides is 1. The maximum atomic E-state index is 13.8. The number of morpholine rings is 1. The molecule has 0 atom stereocenters. The van der Waals surface area contributed by atoms with Crippen molar-refractivity contribution in [2.24, 2.45) is 0 Å². The number of anilines is 1. The fraction of sp³-hybridized carbons (Fsp3) is 0.333. The summed E-state index contributed by atoms with van der Waals surface area (Å²) in [6.45, 7) is 6.69. The summed E-state index contributed by atoms with van der Waals surface area (Å²) in [5, 5.41) is 0.481. The van der Waals surface area contributed by atoms with Crippen LogP contribution in [0.3, 0.4) is 0 Å². The molecule has 3 aromatic carbocycles. The molecule has 1 aliphatic rings. The van der Waals surface area contributed by atoms with Gasteiger partial charge in [-0.1, -0.05) is 48.6 Å². The molecule has 1 amide bonds. The normalized spacial score (nSPS) is 14.5. The summed E-state index contributed by atoms with van der Waals surface area (Å²) in [6, 6.07) is 19.9. The Morgan fingerprint density at radius 2 is 1.78 bits per heavy atom. The molecule has 11 heteroatoms. The number of carbonyl (C=O) groups is 1. The SMILES string of the molecule is CCN(Cc1ccccc1)S(=O)(=O)c1ccc(C(=O)N(CCCN2CCOCC2)c2nc3ccc(F)cc3s2)cc1. The Morgan fingerprint density at radius 1 is 1.05 bits per heavy atom. The van der Waals surface area contributed by atoms with Gasteiger partial charge in [0.2, 0.25) is 10.0 Å². The lowest BCUT2D eigenvalue weighted by Gasteiger charge is -2.27. The quantitative estimate of drug-likeness (QED) is 0.242. The van der Waals surface area contributed by atoms with Crippen LogP contribution in [0.1, 0.15) is 29.3 Å². The number of hydrogen-bond donors (Lipinski definition) is 0. The van der Waals surface area contributed by atoms with Gasteiger partial charge < -0.3 is 4.74 Å². The molecule has 4 aromatic rings. The zero-order chi connectivity index (χ0) is 28.8. The highest BCUT2D eigenvalue weighted by atomic mass is 32.2. The van der Waals surface area contributed by atoms with E-state index in [1.165, 1.54) is 39.9 Å². The molecule has 1 saturated heterocycles. The second-order valence-electron chi connectivity index (χ2n) is 9.81. The van der Waals surface area contributed by atoms with Gasteiger partial charge in [-0.3, -0.25) is 14.6 Å². The summed E-state index contributed by atoms with van der Waals surface area (Å²) in [7, 11) is -3.77. The van der Waals surface area contributed by atoms with Crippen molar-refractivity contribution in [3.8, 4) is 0 Å². The maximum absolute atomic E-state index is 13.8. The predicted octanol–water partition coefficient (Wildman–Crippen LogP) is 5.02. The molecule has 1 aliphatic heterocycles. The first-order valence-electron chi connectivity index (χ1n) is 13.7. The fourth-order valence-corrected chi connectivity index (χ4v) is 7.24. The number of aromatic nitrogens is 1. The van der Waals surface area contributed by atoms with Crippen LogP contribution in [0.15, 0.2) is 77.7 Å². The van der Waals surface area contributed by atoms with E-state index in [0.29, 0.717) is 53.6 Å². The fourth-order valence-electron chi connectivity index (χ4n) is 4.79. The number of ether oxygens (including phenoxy) is 1. The van der Waals surface area contributed by atoms with E-state index in [0.717, 1.165) is 25.2 Å². The van der Waals surface area contributed by atoms with Crippen molar-refractivity contribution in [2.75, 3.05) is 50.8 Å². The number of hydrogen-bond acceptors (Lipinski definition) is 7. The Balaban J connectivity index is 1.36. The lowest BCUT2D eigenvalue weighted by atomic mass is 10.2. The molecule has 0 saturated carbocycles. The van der Waals surface area contributed by atoms with Gasteiger partial charge in [-0.25, -0.2) is 17.8 Å². The van der Waals surface area contributed by atoms with Crippen molar-refractivity contribution >= 4 is 42.6 Å². The highest BCUT2D eigenvalue weighted by Gasteiger charge is 2.26. The van der Waals surface area contributed by atoms with E-state index in [1.54, 1.807) is 30.0 Å². The average molecular weight is 597 g/mol. The zero-order valence-corrected chi connectivity index (χ0v) is 24.5. The van der Waals surface area contributed by atoms with Crippen LogP contribution in [-0.4, -0.2) is 74.5 Å². The molecule has 0 N–H and O–H groups in total. The topological polar surface area (TPSA) is 83.1 Å². The van der Waals surface area contributed by atoms with E-state index in [4.69, 9.17) is 4.74 Å². The first-order chi connectivity index (χ1) is 19.8. The minimum absolute atomic E-state index is 0.126. The number of carbonyl (C=O) groups excluding carboxylic acids is 1. The summed E-state index contributed by atoms with van der Waals surface area (Å²) in [4.78, 5) is 22.4. The second-order valence-corrected chi connectivity index (χ2v) is 12.8. The third-order valence-corrected chi connectivity index (χ3v) is 10.0. The number of rotatable bonds is 11. The van der Waals surface area contributed by atoms with Crippen LogP contribution in [0.5, 0.6) is 0 Å². The summed E-state index contributed by atoms with van der Waals surface area (Å²) < 4.78 is 48.2. The van der Waals surface area contributed by atoms with Crippen molar-refractivity contribution in [1.82, 2.24) is 14.2 Å². The smallest absolute Gasteiger partial charge is 0.260 e. The minimum Gasteiger partial charge on any atom is -0.379 e. The molecule has 216 valence electrons. The largest absolute Gasteiger partial charge is 0.379 e. The molecular formula is C30H33FN4O4S2. The highest BCUT2D eigenvalue weighted by molar-refractivity contribution is 7.89. The van der Waals surface area contributed by atoms with Crippen LogP contribution in [0.2, 0.25) is 0 Å². The number of halogens is 1. The summed E-state index contributed by atoms with van der Waals surface area (Å²) >= 11 is 1.26. The van der Waals surface area contributed by atoms with E-state index in [9.17, 15) is 17.6 Å². The van der Waals surface area contributed by atoms with Crippen molar-refractivity contribution < 1.29 is 22.3 Å². The summed E-state index contributed by atoms with van der Waals surface area (Å²) in [5.74, 6) is -0.643. The van der Waals surface area contributed by atoms with Crippen LogP contribution in [0.4, 0.5) is 9.52 Å². The van der Waals surface area contributed by atoms with Gasteiger partial charge in [0.15, 0.2) is 5.13 Å². The number of thiazole rings is 1. The lowest BCUT2D eigenvalue weighted by Crippen LogP contribution is -2.39. The van der Waals surface area contributed by atoms with Gasteiger partial charge in [-0.2, -0.15) is 4.31 Å². The Morgan fingerprint density at radius 3 is 2.49 bits per heavy atom. The molecule has 0 bridgehead atoms. The predicted molar refractivity (Wildman–Crippen MR) is 159 cm³/mol. The molecule has 0 unspecified atom stereocenters. The molecule has 1 fully saturated rings. The van der Waals surface area contributed by atoms with Crippen LogP contribution in [0, 0.1) is 5.82 Å². The van der Waals surface area contributed by atoms with Crippen LogP contribution in [-0.2, 0) is 21.3 Å². The number of nitrogens with zero attached hydrogens (tertiary/aromatic N) is 4. The Bertz CT molecular complexity index is 1570. The van der Waals surface area contributed by atoms with E-state index < -0.39 is 10.0 Å². The molecule has 0 aliphatic carbocycles. The average Bonchev–Trinajstić information content (AvgIpc) is 3.41. The number of benzene rings is 3. The first kappa shape index (κ1) is 29.3. The molecule has 8 nitrogen and oxygen atoms in total. The van der Waals surface area contributed by atoms with Crippen LogP contribution >= 0.6 is 11.3 Å². The van der Waals surface area contributed by atoms with E-state index in [-0.39, 0.29) is 23.2 Å². The first-order valence-corrected chi connectivity index (χ1v) is 15.9. The van der Waals surface area contributed by atoms with Crippen molar-refractivity contribution in [3.05, 3.63) is 89.7 Å². The number of amides is 1. The van der Waals surface area contributed by atoms with Gasteiger partial charge in [-0.15, -0.1) is 0 Å². The summed E-state index contributed by atoms with van der Waals surface area (Å²) in [6.07, 6.45) is 0.716. The lowest BCUT2D eigenvalue weighted by molar-refractivity contribution is 0.0376. The van der Waals surface area contributed by atoms with Crippen LogP contribution in [0.25, 0.3) is 10.2 Å². The van der Waals surface area contributed by atoms with Crippen molar-refractivity contribution in [3.63, 3.8) is 0 Å². The number of fused-ring (bicyclic) bond motifs is 1. The molecule has 1 aromatic heterocycles. The Hall–Kier alpha value is -3.22. The van der Waals surface area contributed by atoms with Crippen LogP contribution < -0.4 is 4.90 Å². The van der Waals surface area contributed by atoms with Gasteiger partial charge in [0.25, 0.3) is 5.91 Å². The summed E-state index contributed by atoms with van der Waals surface area (Å²) in [5.41, 5.74) is 1.87. The highest BCUT2D eigenvalue weighted by Crippen LogP contribution is 2.31. The van der Waals surface area contributed by atoms with E-state index >= 15 is 0 Å². The van der Waals surface area contributed by atoms with Crippen molar-refractivity contribution in [2.45, 2.75) is 24.8 Å². The van der Waals surface area contributed by atoms with Gasteiger partial charge in [0, 0.05) is 44.8 Å². The van der Waals surface area contributed by atoms with Gasteiger partial charge >= 0.3 is 0 Å². The minimum atomic E-state index is -3.77. The molecular weight excluding hydrogens is 563 g/mol. The molecule has 2 heterocycles. The zero-order valence-electron chi connectivity index (χ0n) is 22.9. The van der Waals surface area contributed by atoms with Crippen molar-refractivity contribution in [1.29, 1.82) is 0 Å². The third-order valence-electron chi connectivity index (χ3n) is 7.07. The molecule has 0 radical (unpaired) electrons. The third kappa shape index (κ3) is 6.99. The Kier molecular flexibility index (Phi) is 9.41. The molecule has 0 spiro atoms. The van der Waals surface area contributed by atoms with Gasteiger partial charge in [-0.05, 0) is 54.4 Å². The van der Waals surface area contributed by atoms with E-state index in [2.05, 4.69) is 9.88 Å². The maximum Gasteiger partial charge on any atom is 0.260 e. The van der Waals surface area contributed by atoms with Gasteiger partial charge in [0.05, 0.1) is 28.3 Å². The second kappa shape index (κ2) is 13.2. The molecule has 41 heavy (non-hydrogen) atoms. The van der Waals surface area contributed by atoms with E-state index in [1.807, 2.05) is 30.3 Å².